The lowest BCUT2D eigenvalue weighted by Crippen LogP contribution is -2.36. The highest BCUT2D eigenvalue weighted by Crippen LogP contribution is 2.53. The van der Waals surface area contributed by atoms with Crippen LogP contribution >= 0.6 is 15.6 Å². The van der Waals surface area contributed by atoms with Gasteiger partial charge in [0.05, 0.1) is 25.9 Å². The fraction of sp³-hybridized carbons (Fsp3) is 0.667. The van der Waals surface area contributed by atoms with Crippen LogP contribution < -0.4 is 11.3 Å². The molecule has 2 unspecified atom stereocenters. The van der Waals surface area contributed by atoms with Crippen molar-refractivity contribution in [2.45, 2.75) is 90.6 Å². The molecule has 2 bridgehead atoms. The summed E-state index contributed by atoms with van der Waals surface area (Å²) in [6.07, 6.45) is -8.97. The van der Waals surface area contributed by atoms with Gasteiger partial charge in [-0.25, -0.2) is 33.5 Å². The van der Waals surface area contributed by atoms with E-state index in [2.05, 4.69) is 76.3 Å². The number of ether oxygens (including phenoxy) is 2. The average molecular weight is 879 g/mol. The number of anilines is 1. The Bertz CT molecular complexity index is 2130. The molecule has 0 spiro atoms. The lowest BCUT2D eigenvalue weighted by atomic mass is 10.1. The number of phosphoric acid groups is 2. The van der Waals surface area contributed by atoms with Crippen LogP contribution in [0.25, 0.3) is 22.2 Å². The molecule has 3 aliphatic heterocycles. The molecule has 7 rings (SSSR count). The summed E-state index contributed by atoms with van der Waals surface area (Å²) >= 11 is 0. The Kier molecular flexibility index (Phi) is 15.9. The van der Waals surface area contributed by atoms with Gasteiger partial charge in [0.15, 0.2) is 35.4 Å². The van der Waals surface area contributed by atoms with Crippen molar-refractivity contribution in [3.63, 3.8) is 0 Å². The Balaban J connectivity index is 0.000000407. The lowest BCUT2D eigenvalue weighted by Gasteiger charge is -2.26. The number of fused-ring (bicyclic) bond motifs is 5. The molecule has 59 heavy (non-hydrogen) atoms. The van der Waals surface area contributed by atoms with Gasteiger partial charge in [0, 0.05) is 6.20 Å². The molecule has 330 valence electrons. The number of aromatic nitrogens is 7. The number of hydrogen-bond acceptors (Lipinski definition) is 18. The number of H-pyrrole nitrogens is 1. The second kappa shape index (κ2) is 20.0. The number of nitrogens with two attached hydrogens (primary N) is 1. The van der Waals surface area contributed by atoms with Gasteiger partial charge < -0.3 is 54.6 Å². The summed E-state index contributed by atoms with van der Waals surface area (Å²) in [4.78, 5) is 56.3. The van der Waals surface area contributed by atoms with Gasteiger partial charge in [-0.3, -0.25) is 27.5 Å². The van der Waals surface area contributed by atoms with E-state index in [9.17, 15) is 38.3 Å². The zero-order chi connectivity index (χ0) is 43.2. The van der Waals surface area contributed by atoms with E-state index in [1.807, 2.05) is 0 Å². The molecule has 3 aliphatic rings. The molecule has 4 aromatic rings. The molecule has 7 heterocycles. The molecule has 4 aromatic heterocycles. The van der Waals surface area contributed by atoms with E-state index in [0.29, 0.717) is 0 Å². The summed E-state index contributed by atoms with van der Waals surface area (Å²) in [5, 5.41) is 21.6. The molecule has 26 heteroatoms. The summed E-state index contributed by atoms with van der Waals surface area (Å²) in [7, 11) is -10.3. The zero-order valence-corrected chi connectivity index (χ0v) is 35.3. The molecule has 10 atom stereocenters. The number of hydrogen-bond donors (Lipinski definition) is 6. The van der Waals surface area contributed by atoms with Gasteiger partial charge >= 0.3 is 15.6 Å². The van der Waals surface area contributed by atoms with Crippen LogP contribution in [0.3, 0.4) is 0 Å². The SMILES string of the molecule is CCN(CC)CC.CCN(CC)CC.Nc1ncnc2c1ncn2[C@@H]1O[C@@H]2COP(=O)(O)O[C@@H]3[C@H](O)[C@@H](COP(=O)(O)O[C@H]2[C@H]1O)O[C@H]3n1cc(F)c2c(=O)[nH]cnc21. The Morgan fingerprint density at radius 3 is 1.93 bits per heavy atom. The number of halogens is 1. The standard InChI is InChI=1S/C21H23FN8O13P2.2C6H15N/c22-7-1-29(17-10(7)19(33)27-5-25-17)21-15-12(31)8(40-21)2-38-44(34,35)42-14-9(3-39-45(36,37)43-15)41-20(13(14)32)30-6-28-11-16(23)24-4-26-18(11)30;2*1-4-7(5-2)6-3/h1,4-6,8-9,12-15,20-21,31-32H,2-3H2,(H,34,35)(H,36,37)(H2,23,24,26)(H,25,27,33);2*4-6H2,1-3H3/t8-,9-,12-,13-,14-,15-,20-,21-;;/m1../s1. The van der Waals surface area contributed by atoms with Gasteiger partial charge in [-0.1, -0.05) is 41.5 Å². The number of phosphoric ester groups is 2. The third kappa shape index (κ3) is 10.6. The first-order chi connectivity index (χ1) is 28.0. The van der Waals surface area contributed by atoms with Crippen LogP contribution in [0.4, 0.5) is 10.2 Å². The zero-order valence-electron chi connectivity index (χ0n) is 33.5. The van der Waals surface area contributed by atoms with E-state index in [-0.39, 0.29) is 22.6 Å². The van der Waals surface area contributed by atoms with Crippen LogP contribution in [0.5, 0.6) is 0 Å². The smallest absolute Gasteiger partial charge is 0.387 e. The number of aliphatic hydroxyl groups is 2. The fourth-order valence-corrected chi connectivity index (χ4v) is 8.65. The maximum Gasteiger partial charge on any atom is 0.472 e. The van der Waals surface area contributed by atoms with Crippen molar-refractivity contribution in [1.82, 2.24) is 43.9 Å². The average Bonchev–Trinajstić information content (AvgIpc) is 3.95. The highest BCUT2D eigenvalue weighted by atomic mass is 31.2. The molecule has 0 aromatic carbocycles. The van der Waals surface area contributed by atoms with Gasteiger partial charge in [-0.15, -0.1) is 0 Å². The minimum absolute atomic E-state index is 0.0237. The van der Waals surface area contributed by atoms with Crippen molar-refractivity contribution in [2.75, 3.05) is 58.2 Å². The Hall–Kier alpha value is -3.32. The first kappa shape index (κ1) is 46.7. The maximum absolute atomic E-state index is 14.7. The maximum atomic E-state index is 14.7. The largest absolute Gasteiger partial charge is 0.472 e. The summed E-state index contributed by atoms with van der Waals surface area (Å²) in [6.45, 7) is 18.5. The predicted octanol–water partition coefficient (Wildman–Crippen LogP) is 1.52. The topological polar surface area (TPSA) is 297 Å². The van der Waals surface area contributed by atoms with Gasteiger partial charge in [0.2, 0.25) is 0 Å². The number of aromatic amines is 1. The van der Waals surface area contributed by atoms with Crippen LogP contribution in [0, 0.1) is 5.82 Å². The third-order valence-electron chi connectivity index (χ3n) is 10.1. The van der Waals surface area contributed by atoms with Crippen molar-refractivity contribution < 1.29 is 61.1 Å². The molecular formula is C33H53FN10O13P2. The van der Waals surface area contributed by atoms with Crippen LogP contribution in [-0.2, 0) is 36.7 Å². The van der Waals surface area contributed by atoms with Gasteiger partial charge in [0.1, 0.15) is 53.9 Å². The molecule has 0 radical (unpaired) electrons. The van der Waals surface area contributed by atoms with Crippen molar-refractivity contribution in [3.8, 4) is 0 Å². The number of nitrogens with one attached hydrogen (secondary N) is 1. The number of nitrogens with zero attached hydrogens (tertiary/aromatic N) is 8. The molecule has 7 N–H and O–H groups in total. The van der Waals surface area contributed by atoms with Gasteiger partial charge in [-0.05, 0) is 39.3 Å². The first-order valence-electron chi connectivity index (χ1n) is 19.1. The molecular weight excluding hydrogens is 825 g/mol. The summed E-state index contributed by atoms with van der Waals surface area (Å²) in [5.41, 5.74) is 5.00. The van der Waals surface area contributed by atoms with Crippen LogP contribution in [0.1, 0.15) is 54.0 Å². The molecule has 0 aliphatic carbocycles. The molecule has 3 saturated heterocycles. The number of imidazole rings is 1. The second-order valence-corrected chi connectivity index (χ2v) is 16.2. The summed E-state index contributed by atoms with van der Waals surface area (Å²) < 4.78 is 75.3. The second-order valence-electron chi connectivity index (χ2n) is 13.4. The number of aliphatic hydroxyl groups excluding tert-OH is 2. The van der Waals surface area contributed by atoms with E-state index in [1.165, 1.54) is 50.2 Å². The fourth-order valence-electron chi connectivity index (χ4n) is 6.75. The van der Waals surface area contributed by atoms with Crippen LogP contribution in [-0.4, -0.2) is 153 Å². The van der Waals surface area contributed by atoms with Crippen molar-refractivity contribution >= 4 is 43.7 Å². The van der Waals surface area contributed by atoms with E-state index < -0.39 is 94.7 Å². The number of rotatable bonds is 8. The van der Waals surface area contributed by atoms with Crippen LogP contribution in [0.15, 0.2) is 30.0 Å². The lowest BCUT2D eigenvalue weighted by molar-refractivity contribution is -0.0671. The molecule has 0 amide bonds. The van der Waals surface area contributed by atoms with Gasteiger partial charge in [0.25, 0.3) is 5.56 Å². The normalized spacial score (nSPS) is 31.2. The minimum Gasteiger partial charge on any atom is -0.387 e. The molecule has 3 fully saturated rings. The summed E-state index contributed by atoms with van der Waals surface area (Å²) in [5.74, 6) is -1.00. The predicted molar refractivity (Wildman–Crippen MR) is 208 cm³/mol. The van der Waals surface area contributed by atoms with E-state index in [0.717, 1.165) is 23.4 Å². The Morgan fingerprint density at radius 1 is 0.797 bits per heavy atom. The third-order valence-corrected chi connectivity index (χ3v) is 12.1. The van der Waals surface area contributed by atoms with Crippen molar-refractivity contribution in [2.24, 2.45) is 0 Å². The monoisotopic (exact) mass is 878 g/mol. The molecule has 0 saturated carbocycles. The van der Waals surface area contributed by atoms with E-state index in [4.69, 9.17) is 33.3 Å². The highest BCUT2D eigenvalue weighted by Gasteiger charge is 2.54. The Morgan fingerprint density at radius 2 is 1.36 bits per heavy atom. The highest BCUT2D eigenvalue weighted by molar-refractivity contribution is 7.47. The van der Waals surface area contributed by atoms with Gasteiger partial charge in [-0.2, -0.15) is 0 Å². The van der Waals surface area contributed by atoms with Crippen LogP contribution in [0.2, 0.25) is 0 Å². The van der Waals surface area contributed by atoms with E-state index in [1.54, 1.807) is 0 Å². The quantitative estimate of drug-likeness (QED) is 0.137. The Labute approximate surface area is 338 Å². The van der Waals surface area contributed by atoms with E-state index >= 15 is 0 Å². The molecule has 23 nitrogen and oxygen atoms in total. The minimum atomic E-state index is -5.16. The van der Waals surface area contributed by atoms with Crippen molar-refractivity contribution in [3.05, 3.63) is 41.3 Å². The number of nitrogen functional groups attached to an aromatic ring is 1. The first-order valence-corrected chi connectivity index (χ1v) is 22.1. The van der Waals surface area contributed by atoms with Crippen molar-refractivity contribution in [1.29, 1.82) is 0 Å². The summed E-state index contributed by atoms with van der Waals surface area (Å²) in [6, 6.07) is 0.